The lowest BCUT2D eigenvalue weighted by Crippen LogP contribution is -2.15. The Kier molecular flexibility index (Phi) is 4.69. The molecule has 0 saturated carbocycles. The van der Waals surface area contributed by atoms with E-state index in [0.717, 1.165) is 25.2 Å². The van der Waals surface area contributed by atoms with E-state index < -0.39 is 0 Å². The molecule has 0 aliphatic carbocycles. The van der Waals surface area contributed by atoms with Crippen LogP contribution in [-0.2, 0) is 19.5 Å². The molecule has 19 heavy (non-hydrogen) atoms. The molecule has 2 heteroatoms. The summed E-state index contributed by atoms with van der Waals surface area (Å²) in [5.74, 6) is 0. The van der Waals surface area contributed by atoms with Gasteiger partial charge in [-0.1, -0.05) is 36.8 Å². The van der Waals surface area contributed by atoms with E-state index in [0.29, 0.717) is 0 Å². The Balaban J connectivity index is 1.96. The Bertz CT molecular complexity index is 547. The SMILES string of the molecule is CCc1cccnc1CNCc1ccc(C)cc1C. The fourth-order valence-corrected chi connectivity index (χ4v) is 2.31. The van der Waals surface area contributed by atoms with Crippen molar-refractivity contribution in [2.75, 3.05) is 0 Å². The summed E-state index contributed by atoms with van der Waals surface area (Å²) in [5, 5.41) is 3.49. The van der Waals surface area contributed by atoms with Crippen LogP contribution in [0.1, 0.15) is 34.9 Å². The van der Waals surface area contributed by atoms with Gasteiger partial charge in [0.15, 0.2) is 0 Å². The van der Waals surface area contributed by atoms with E-state index in [1.54, 1.807) is 0 Å². The van der Waals surface area contributed by atoms with Crippen molar-refractivity contribution in [3.05, 3.63) is 64.5 Å². The number of benzene rings is 1. The van der Waals surface area contributed by atoms with Gasteiger partial charge in [-0.25, -0.2) is 0 Å². The van der Waals surface area contributed by atoms with E-state index in [4.69, 9.17) is 0 Å². The molecule has 0 fully saturated rings. The summed E-state index contributed by atoms with van der Waals surface area (Å²) in [4.78, 5) is 4.45. The second kappa shape index (κ2) is 6.48. The maximum Gasteiger partial charge on any atom is 0.0573 e. The van der Waals surface area contributed by atoms with E-state index >= 15 is 0 Å². The highest BCUT2D eigenvalue weighted by atomic mass is 14.9. The maximum absolute atomic E-state index is 4.45. The minimum Gasteiger partial charge on any atom is -0.307 e. The van der Waals surface area contributed by atoms with Crippen molar-refractivity contribution in [2.24, 2.45) is 0 Å². The van der Waals surface area contributed by atoms with Crippen LogP contribution < -0.4 is 5.32 Å². The fraction of sp³-hybridized carbons (Fsp3) is 0.353. The highest BCUT2D eigenvalue weighted by Crippen LogP contribution is 2.11. The quantitative estimate of drug-likeness (QED) is 0.882. The van der Waals surface area contributed by atoms with Crippen molar-refractivity contribution in [1.82, 2.24) is 10.3 Å². The molecule has 2 rings (SSSR count). The molecule has 1 aromatic heterocycles. The maximum atomic E-state index is 4.45. The van der Waals surface area contributed by atoms with Gasteiger partial charge in [-0.3, -0.25) is 4.98 Å². The van der Waals surface area contributed by atoms with Crippen molar-refractivity contribution in [3.63, 3.8) is 0 Å². The summed E-state index contributed by atoms with van der Waals surface area (Å²) >= 11 is 0. The van der Waals surface area contributed by atoms with Crippen molar-refractivity contribution >= 4 is 0 Å². The molecule has 1 N–H and O–H groups in total. The van der Waals surface area contributed by atoms with E-state index in [2.05, 4.69) is 55.3 Å². The van der Waals surface area contributed by atoms with Gasteiger partial charge in [0.2, 0.25) is 0 Å². The highest BCUT2D eigenvalue weighted by Gasteiger charge is 2.02. The zero-order chi connectivity index (χ0) is 13.7. The van der Waals surface area contributed by atoms with Crippen LogP contribution >= 0.6 is 0 Å². The van der Waals surface area contributed by atoms with Gasteiger partial charge in [-0.15, -0.1) is 0 Å². The predicted molar refractivity (Wildman–Crippen MR) is 80.1 cm³/mol. The lowest BCUT2D eigenvalue weighted by atomic mass is 10.1. The van der Waals surface area contributed by atoms with Gasteiger partial charge < -0.3 is 5.32 Å². The summed E-state index contributed by atoms with van der Waals surface area (Å²) in [6.45, 7) is 8.20. The molecule has 2 nitrogen and oxygen atoms in total. The van der Waals surface area contributed by atoms with E-state index in [1.165, 1.54) is 22.3 Å². The molecule has 0 saturated heterocycles. The second-order valence-corrected chi connectivity index (χ2v) is 5.00. The third-order valence-electron chi connectivity index (χ3n) is 3.47. The molecule has 2 aromatic rings. The summed E-state index contributed by atoms with van der Waals surface area (Å²) < 4.78 is 0. The smallest absolute Gasteiger partial charge is 0.0573 e. The molecule has 0 spiro atoms. The highest BCUT2D eigenvalue weighted by molar-refractivity contribution is 5.30. The number of hydrogen-bond donors (Lipinski definition) is 1. The Morgan fingerprint density at radius 1 is 1.05 bits per heavy atom. The molecule has 0 atom stereocenters. The number of nitrogens with one attached hydrogen (secondary N) is 1. The number of hydrogen-bond acceptors (Lipinski definition) is 2. The first-order chi connectivity index (χ1) is 9.20. The van der Waals surface area contributed by atoms with Crippen LogP contribution in [0, 0.1) is 13.8 Å². The topological polar surface area (TPSA) is 24.9 Å². The van der Waals surface area contributed by atoms with Crippen LogP contribution in [0.4, 0.5) is 0 Å². The number of rotatable bonds is 5. The average Bonchev–Trinajstić information content (AvgIpc) is 2.42. The largest absolute Gasteiger partial charge is 0.307 e. The Hall–Kier alpha value is -1.67. The molecule has 0 unspecified atom stereocenters. The van der Waals surface area contributed by atoms with Gasteiger partial charge in [0.05, 0.1) is 5.69 Å². The van der Waals surface area contributed by atoms with Crippen molar-refractivity contribution < 1.29 is 0 Å². The van der Waals surface area contributed by atoms with Crippen LogP contribution in [0.2, 0.25) is 0 Å². The van der Waals surface area contributed by atoms with Gasteiger partial charge in [0, 0.05) is 19.3 Å². The van der Waals surface area contributed by atoms with Crippen LogP contribution in [0.25, 0.3) is 0 Å². The third-order valence-corrected chi connectivity index (χ3v) is 3.47. The van der Waals surface area contributed by atoms with Gasteiger partial charge in [0.1, 0.15) is 0 Å². The summed E-state index contributed by atoms with van der Waals surface area (Å²) in [5.41, 5.74) is 6.52. The van der Waals surface area contributed by atoms with E-state index in [9.17, 15) is 0 Å². The van der Waals surface area contributed by atoms with Gasteiger partial charge >= 0.3 is 0 Å². The van der Waals surface area contributed by atoms with Crippen LogP contribution in [0.15, 0.2) is 36.5 Å². The Morgan fingerprint density at radius 3 is 2.63 bits per heavy atom. The van der Waals surface area contributed by atoms with Crippen molar-refractivity contribution in [1.29, 1.82) is 0 Å². The van der Waals surface area contributed by atoms with Gasteiger partial charge in [0.25, 0.3) is 0 Å². The third kappa shape index (κ3) is 3.65. The fourth-order valence-electron chi connectivity index (χ4n) is 2.31. The summed E-state index contributed by atoms with van der Waals surface area (Å²) in [6, 6.07) is 10.8. The van der Waals surface area contributed by atoms with Gasteiger partial charge in [-0.05, 0) is 43.0 Å². The Labute approximate surface area is 115 Å². The molecule has 0 radical (unpaired) electrons. The number of pyridine rings is 1. The number of aryl methyl sites for hydroxylation is 3. The molecule has 0 aliphatic rings. The monoisotopic (exact) mass is 254 g/mol. The van der Waals surface area contributed by atoms with Crippen LogP contribution in [-0.4, -0.2) is 4.98 Å². The Morgan fingerprint density at radius 2 is 1.89 bits per heavy atom. The first kappa shape index (κ1) is 13.8. The zero-order valence-corrected chi connectivity index (χ0v) is 12.0. The van der Waals surface area contributed by atoms with Crippen molar-refractivity contribution in [3.8, 4) is 0 Å². The van der Waals surface area contributed by atoms with E-state index in [-0.39, 0.29) is 0 Å². The summed E-state index contributed by atoms with van der Waals surface area (Å²) in [7, 11) is 0. The molecular formula is C17H22N2. The molecular weight excluding hydrogens is 232 g/mol. The molecule has 100 valence electrons. The first-order valence-electron chi connectivity index (χ1n) is 6.90. The predicted octanol–water partition coefficient (Wildman–Crippen LogP) is 3.55. The van der Waals surface area contributed by atoms with Crippen molar-refractivity contribution in [2.45, 2.75) is 40.3 Å². The minimum atomic E-state index is 0.831. The number of aromatic nitrogens is 1. The average molecular weight is 254 g/mol. The molecule has 0 aliphatic heterocycles. The molecule has 1 heterocycles. The molecule has 0 bridgehead atoms. The molecule has 1 aromatic carbocycles. The first-order valence-corrected chi connectivity index (χ1v) is 6.90. The van der Waals surface area contributed by atoms with Crippen LogP contribution in [0.3, 0.4) is 0 Å². The van der Waals surface area contributed by atoms with Crippen LogP contribution in [0.5, 0.6) is 0 Å². The number of nitrogens with zero attached hydrogens (tertiary/aromatic N) is 1. The normalized spacial score (nSPS) is 10.7. The summed E-state index contributed by atoms with van der Waals surface area (Å²) in [6.07, 6.45) is 2.90. The lowest BCUT2D eigenvalue weighted by Gasteiger charge is -2.10. The molecule has 0 amide bonds. The lowest BCUT2D eigenvalue weighted by molar-refractivity contribution is 0.671. The second-order valence-electron chi connectivity index (χ2n) is 5.00. The minimum absolute atomic E-state index is 0.831. The van der Waals surface area contributed by atoms with Gasteiger partial charge in [-0.2, -0.15) is 0 Å². The zero-order valence-electron chi connectivity index (χ0n) is 12.0. The standard InChI is InChI=1S/C17H22N2/c1-4-15-6-5-9-19-17(15)12-18-11-16-8-7-13(2)10-14(16)3/h5-10,18H,4,11-12H2,1-3H3. The van der Waals surface area contributed by atoms with E-state index in [1.807, 2.05) is 12.3 Å².